The van der Waals surface area contributed by atoms with Crippen molar-refractivity contribution in [2.24, 2.45) is 0 Å². The molecular weight excluding hydrogens is 244 g/mol. The summed E-state index contributed by atoms with van der Waals surface area (Å²) in [5.74, 6) is -1.01. The highest BCUT2D eigenvalue weighted by molar-refractivity contribution is 5.82. The molecule has 2 N–H and O–H groups in total. The van der Waals surface area contributed by atoms with Crippen molar-refractivity contribution in [2.45, 2.75) is 32.9 Å². The zero-order valence-electron chi connectivity index (χ0n) is 11.3. The van der Waals surface area contributed by atoms with E-state index in [1.165, 1.54) is 0 Å². The third-order valence-corrected chi connectivity index (χ3v) is 2.89. The molecular formula is C14H20N2O3. The maximum Gasteiger partial charge on any atom is 0.326 e. The van der Waals surface area contributed by atoms with Crippen LogP contribution in [0.1, 0.15) is 25.8 Å². The van der Waals surface area contributed by atoms with Gasteiger partial charge >= 0.3 is 12.0 Å². The van der Waals surface area contributed by atoms with Crippen LogP contribution in [0.5, 0.6) is 0 Å². The second kappa shape index (κ2) is 7.41. The molecule has 5 heteroatoms. The van der Waals surface area contributed by atoms with Crippen molar-refractivity contribution in [3.63, 3.8) is 0 Å². The van der Waals surface area contributed by atoms with Gasteiger partial charge in [0.2, 0.25) is 0 Å². The molecule has 0 aromatic heterocycles. The van der Waals surface area contributed by atoms with E-state index in [0.717, 1.165) is 5.56 Å². The van der Waals surface area contributed by atoms with Gasteiger partial charge in [0.05, 0.1) is 0 Å². The average molecular weight is 264 g/mol. The molecule has 0 unspecified atom stereocenters. The molecule has 1 aromatic rings. The first-order valence-electron chi connectivity index (χ1n) is 6.40. The molecule has 5 nitrogen and oxygen atoms in total. The lowest BCUT2D eigenvalue weighted by Gasteiger charge is -2.23. The molecule has 0 fully saturated rings. The van der Waals surface area contributed by atoms with E-state index in [0.29, 0.717) is 19.5 Å². The first-order valence-corrected chi connectivity index (χ1v) is 6.40. The van der Waals surface area contributed by atoms with E-state index in [2.05, 4.69) is 5.32 Å². The zero-order valence-corrected chi connectivity index (χ0v) is 11.3. The highest BCUT2D eigenvalue weighted by atomic mass is 16.4. The van der Waals surface area contributed by atoms with Gasteiger partial charge in [0, 0.05) is 13.1 Å². The molecule has 0 aliphatic carbocycles. The van der Waals surface area contributed by atoms with Crippen molar-refractivity contribution in [1.29, 1.82) is 0 Å². The number of carboxylic acids is 1. The third kappa shape index (κ3) is 4.62. The number of carbonyl (C=O) groups excluding carboxylic acids is 1. The minimum Gasteiger partial charge on any atom is -0.480 e. The van der Waals surface area contributed by atoms with Crippen LogP contribution in [-0.2, 0) is 11.3 Å². The van der Waals surface area contributed by atoms with E-state index in [-0.39, 0.29) is 6.03 Å². The number of carbonyl (C=O) groups is 2. The maximum atomic E-state index is 12.0. The highest BCUT2D eigenvalue weighted by Crippen LogP contribution is 2.05. The van der Waals surface area contributed by atoms with Gasteiger partial charge in [-0.15, -0.1) is 0 Å². The molecule has 0 saturated carbocycles. The van der Waals surface area contributed by atoms with Crippen LogP contribution in [0, 0.1) is 0 Å². The number of aliphatic carboxylic acids is 1. The summed E-state index contributed by atoms with van der Waals surface area (Å²) in [5, 5.41) is 11.5. The summed E-state index contributed by atoms with van der Waals surface area (Å²) in [6.45, 7) is 4.59. The van der Waals surface area contributed by atoms with Gasteiger partial charge in [-0.05, 0) is 18.9 Å². The summed E-state index contributed by atoms with van der Waals surface area (Å²) in [7, 11) is 0. The molecule has 0 bridgehead atoms. The summed E-state index contributed by atoms with van der Waals surface area (Å²) in [5.41, 5.74) is 1.02. The van der Waals surface area contributed by atoms with Crippen LogP contribution in [-0.4, -0.2) is 34.6 Å². The Kier molecular flexibility index (Phi) is 5.85. The molecule has 0 radical (unpaired) electrons. The zero-order chi connectivity index (χ0) is 14.3. The lowest BCUT2D eigenvalue weighted by Crippen LogP contribution is -2.47. The van der Waals surface area contributed by atoms with Gasteiger partial charge in [-0.1, -0.05) is 37.3 Å². The molecule has 1 rings (SSSR count). The molecule has 1 aromatic carbocycles. The smallest absolute Gasteiger partial charge is 0.326 e. The minimum absolute atomic E-state index is 0.347. The van der Waals surface area contributed by atoms with E-state index in [4.69, 9.17) is 5.11 Å². The van der Waals surface area contributed by atoms with Crippen molar-refractivity contribution in [1.82, 2.24) is 10.2 Å². The summed E-state index contributed by atoms with van der Waals surface area (Å²) < 4.78 is 0. The Morgan fingerprint density at radius 2 is 1.89 bits per heavy atom. The van der Waals surface area contributed by atoms with E-state index in [1.54, 1.807) is 11.8 Å². The standard InChI is InChI=1S/C14H20N2O3/c1-3-12(13(17)18)15-14(19)16(4-2)10-11-8-6-5-7-9-11/h5-9,12H,3-4,10H2,1-2H3,(H,15,19)(H,17,18)/t12-/m1/s1. The number of nitrogens with zero attached hydrogens (tertiary/aromatic N) is 1. The van der Waals surface area contributed by atoms with Gasteiger partial charge in [-0.25, -0.2) is 9.59 Å². The van der Waals surface area contributed by atoms with E-state index < -0.39 is 12.0 Å². The number of hydrogen-bond acceptors (Lipinski definition) is 2. The normalized spacial score (nSPS) is 11.7. The van der Waals surface area contributed by atoms with Crippen molar-refractivity contribution < 1.29 is 14.7 Å². The van der Waals surface area contributed by atoms with Gasteiger partial charge in [-0.2, -0.15) is 0 Å². The number of hydrogen-bond donors (Lipinski definition) is 2. The molecule has 0 heterocycles. The fraction of sp³-hybridized carbons (Fsp3) is 0.429. The lowest BCUT2D eigenvalue weighted by atomic mass is 10.2. The van der Waals surface area contributed by atoms with Crippen molar-refractivity contribution >= 4 is 12.0 Å². The van der Waals surface area contributed by atoms with Gasteiger partial charge in [0.25, 0.3) is 0 Å². The summed E-state index contributed by atoms with van der Waals surface area (Å²) in [6.07, 6.45) is 0.365. The molecule has 19 heavy (non-hydrogen) atoms. The molecule has 0 aliphatic rings. The average Bonchev–Trinajstić information content (AvgIpc) is 2.42. The Morgan fingerprint density at radius 3 is 2.37 bits per heavy atom. The first kappa shape index (κ1) is 15.0. The van der Waals surface area contributed by atoms with Crippen molar-refractivity contribution in [3.8, 4) is 0 Å². The molecule has 0 aliphatic heterocycles. The Hall–Kier alpha value is -2.04. The van der Waals surface area contributed by atoms with Crippen LogP contribution in [0.3, 0.4) is 0 Å². The van der Waals surface area contributed by atoms with Gasteiger partial charge in [0.1, 0.15) is 6.04 Å². The number of amides is 2. The predicted molar refractivity (Wildman–Crippen MR) is 72.8 cm³/mol. The second-order valence-corrected chi connectivity index (χ2v) is 4.25. The van der Waals surface area contributed by atoms with Crippen LogP contribution >= 0.6 is 0 Å². The number of carboxylic acid groups (broad SMARTS) is 1. The van der Waals surface area contributed by atoms with Gasteiger partial charge in [-0.3, -0.25) is 0 Å². The minimum atomic E-state index is -1.01. The number of benzene rings is 1. The van der Waals surface area contributed by atoms with Crippen molar-refractivity contribution in [2.75, 3.05) is 6.54 Å². The summed E-state index contributed by atoms with van der Waals surface area (Å²) >= 11 is 0. The summed E-state index contributed by atoms with van der Waals surface area (Å²) in [6, 6.07) is 8.42. The molecule has 0 spiro atoms. The first-order chi connectivity index (χ1) is 9.08. The second-order valence-electron chi connectivity index (χ2n) is 4.25. The molecule has 0 saturated heterocycles. The maximum absolute atomic E-state index is 12.0. The third-order valence-electron chi connectivity index (χ3n) is 2.89. The quantitative estimate of drug-likeness (QED) is 0.826. The van der Waals surface area contributed by atoms with Gasteiger partial charge in [0.15, 0.2) is 0 Å². The Balaban J connectivity index is 2.64. The topological polar surface area (TPSA) is 69.6 Å². The monoisotopic (exact) mass is 264 g/mol. The van der Waals surface area contributed by atoms with E-state index in [1.807, 2.05) is 37.3 Å². The number of urea groups is 1. The number of rotatable bonds is 6. The Labute approximate surface area is 113 Å². The fourth-order valence-corrected chi connectivity index (χ4v) is 1.71. The lowest BCUT2D eigenvalue weighted by molar-refractivity contribution is -0.139. The van der Waals surface area contributed by atoms with Crippen LogP contribution in [0.4, 0.5) is 4.79 Å². The summed E-state index contributed by atoms with van der Waals surface area (Å²) in [4.78, 5) is 24.5. The van der Waals surface area contributed by atoms with E-state index >= 15 is 0 Å². The fourth-order valence-electron chi connectivity index (χ4n) is 1.71. The predicted octanol–water partition coefficient (Wildman–Crippen LogP) is 2.08. The van der Waals surface area contributed by atoms with Gasteiger partial charge < -0.3 is 15.3 Å². The van der Waals surface area contributed by atoms with E-state index in [9.17, 15) is 9.59 Å². The molecule has 1 atom stereocenters. The molecule has 2 amide bonds. The van der Waals surface area contributed by atoms with Crippen LogP contribution in [0.25, 0.3) is 0 Å². The number of nitrogens with one attached hydrogen (secondary N) is 1. The van der Waals surface area contributed by atoms with Crippen LogP contribution < -0.4 is 5.32 Å². The van der Waals surface area contributed by atoms with Crippen LogP contribution in [0.2, 0.25) is 0 Å². The Bertz CT molecular complexity index is 420. The SMILES string of the molecule is CC[C@@H](NC(=O)N(CC)Cc1ccccc1)C(=O)O. The molecule has 104 valence electrons. The van der Waals surface area contributed by atoms with Crippen LogP contribution in [0.15, 0.2) is 30.3 Å². The largest absolute Gasteiger partial charge is 0.480 e. The Morgan fingerprint density at radius 1 is 1.26 bits per heavy atom. The highest BCUT2D eigenvalue weighted by Gasteiger charge is 2.20. The van der Waals surface area contributed by atoms with Crippen molar-refractivity contribution in [3.05, 3.63) is 35.9 Å².